The van der Waals surface area contributed by atoms with Crippen LogP contribution in [0.5, 0.6) is 0 Å². The number of allylic oxidation sites excluding steroid dienone is 2. The summed E-state index contributed by atoms with van der Waals surface area (Å²) >= 11 is 0. The summed E-state index contributed by atoms with van der Waals surface area (Å²) in [6, 6.07) is 0. The van der Waals surface area contributed by atoms with E-state index in [1.54, 1.807) is 0 Å². The van der Waals surface area contributed by atoms with E-state index >= 15 is 0 Å². The fourth-order valence-corrected chi connectivity index (χ4v) is 4.03. The molecule has 0 amide bonds. The normalized spacial score (nSPS) is 22.3. The van der Waals surface area contributed by atoms with Gasteiger partial charge in [-0.15, -0.1) is 0 Å². The van der Waals surface area contributed by atoms with Gasteiger partial charge < -0.3 is 10.4 Å². The molecule has 0 bridgehead atoms. The summed E-state index contributed by atoms with van der Waals surface area (Å²) in [6.07, 6.45) is 26.9. The smallest absolute Gasteiger partial charge is 0.166 e. The van der Waals surface area contributed by atoms with E-state index in [2.05, 4.69) is 43.7 Å². The molecule has 1 aliphatic rings. The lowest BCUT2D eigenvalue weighted by atomic mass is 10.1. The Balaban J connectivity index is 1.95. The Kier molecular flexibility index (Phi) is 13.7. The van der Waals surface area contributed by atoms with Gasteiger partial charge in [-0.1, -0.05) is 64.0 Å². The minimum Gasteiger partial charge on any atom is -0.390 e. The maximum Gasteiger partial charge on any atom is 0.166 e. The Labute approximate surface area is 163 Å². The molecule has 0 aliphatic carbocycles. The van der Waals surface area contributed by atoms with Gasteiger partial charge in [-0.25, -0.2) is 0 Å². The average molecular weight is 366 g/mol. The molecule has 3 heteroatoms. The highest BCUT2D eigenvalue weighted by Gasteiger charge is 2.35. The SMILES string of the molecule is CCCCCCCC/C=C/CCCCCCC1NC=C[N+]1(CC)CCO. The second-order valence-corrected chi connectivity index (χ2v) is 7.88. The molecule has 0 saturated carbocycles. The Morgan fingerprint density at radius 1 is 0.885 bits per heavy atom. The van der Waals surface area contributed by atoms with Crippen molar-refractivity contribution in [3.05, 3.63) is 24.6 Å². The molecule has 1 rings (SSSR count). The zero-order valence-corrected chi connectivity index (χ0v) is 17.6. The summed E-state index contributed by atoms with van der Waals surface area (Å²) < 4.78 is 0.900. The second kappa shape index (κ2) is 15.3. The number of aliphatic hydroxyl groups excluding tert-OH is 1. The lowest BCUT2D eigenvalue weighted by Gasteiger charge is -2.36. The highest BCUT2D eigenvalue weighted by molar-refractivity contribution is 4.84. The van der Waals surface area contributed by atoms with Crippen LogP contribution in [0, 0.1) is 0 Å². The third kappa shape index (κ3) is 9.23. The molecular formula is C23H45N2O+. The topological polar surface area (TPSA) is 32.3 Å². The summed E-state index contributed by atoms with van der Waals surface area (Å²) in [6.45, 7) is 6.64. The molecule has 3 nitrogen and oxygen atoms in total. The molecular weight excluding hydrogens is 320 g/mol. The molecule has 0 radical (unpaired) electrons. The van der Waals surface area contributed by atoms with Gasteiger partial charge in [0.25, 0.3) is 0 Å². The molecule has 0 aromatic carbocycles. The molecule has 2 unspecified atom stereocenters. The van der Waals surface area contributed by atoms with Crippen LogP contribution in [0.4, 0.5) is 0 Å². The Hall–Kier alpha value is -0.800. The van der Waals surface area contributed by atoms with Crippen molar-refractivity contribution in [1.82, 2.24) is 5.32 Å². The maximum atomic E-state index is 9.35. The third-order valence-corrected chi connectivity index (χ3v) is 5.88. The predicted molar refractivity (Wildman–Crippen MR) is 114 cm³/mol. The molecule has 0 spiro atoms. The van der Waals surface area contributed by atoms with Crippen molar-refractivity contribution in [3.63, 3.8) is 0 Å². The fourth-order valence-electron chi connectivity index (χ4n) is 4.03. The van der Waals surface area contributed by atoms with E-state index in [4.69, 9.17) is 0 Å². The minimum absolute atomic E-state index is 0.265. The van der Waals surface area contributed by atoms with Crippen LogP contribution in [0.25, 0.3) is 0 Å². The van der Waals surface area contributed by atoms with Crippen molar-refractivity contribution in [3.8, 4) is 0 Å². The van der Waals surface area contributed by atoms with Gasteiger partial charge in [0, 0.05) is 6.42 Å². The van der Waals surface area contributed by atoms with E-state index in [-0.39, 0.29) is 6.61 Å². The molecule has 0 aromatic rings. The van der Waals surface area contributed by atoms with Crippen LogP contribution in [-0.4, -0.2) is 35.5 Å². The maximum absolute atomic E-state index is 9.35. The molecule has 1 heterocycles. The molecule has 0 aromatic heterocycles. The summed E-state index contributed by atoms with van der Waals surface area (Å²) in [7, 11) is 0. The largest absolute Gasteiger partial charge is 0.390 e. The van der Waals surface area contributed by atoms with Crippen LogP contribution in [0.2, 0.25) is 0 Å². The lowest BCUT2D eigenvalue weighted by molar-refractivity contribution is -0.900. The Bertz CT molecular complexity index is 380. The average Bonchev–Trinajstić information content (AvgIpc) is 3.05. The number of rotatable bonds is 17. The van der Waals surface area contributed by atoms with Crippen LogP contribution in [0.1, 0.15) is 97.3 Å². The van der Waals surface area contributed by atoms with Gasteiger partial charge in [0.05, 0.1) is 19.4 Å². The van der Waals surface area contributed by atoms with Gasteiger partial charge in [0.2, 0.25) is 0 Å². The zero-order chi connectivity index (χ0) is 18.9. The molecule has 0 fully saturated rings. The van der Waals surface area contributed by atoms with Crippen molar-refractivity contribution in [2.75, 3.05) is 19.7 Å². The Morgan fingerprint density at radius 2 is 1.50 bits per heavy atom. The van der Waals surface area contributed by atoms with Crippen molar-refractivity contribution >= 4 is 0 Å². The fraction of sp³-hybridized carbons (Fsp3) is 0.826. The number of quaternary nitrogens is 1. The predicted octanol–water partition coefficient (Wildman–Crippen LogP) is 5.86. The van der Waals surface area contributed by atoms with Gasteiger partial charge in [-0.05, 0) is 39.0 Å². The van der Waals surface area contributed by atoms with Crippen LogP contribution < -0.4 is 5.32 Å². The first-order chi connectivity index (χ1) is 12.8. The number of nitrogens with zero attached hydrogens (tertiary/aromatic N) is 1. The minimum atomic E-state index is 0.265. The van der Waals surface area contributed by atoms with E-state index < -0.39 is 0 Å². The first-order valence-electron chi connectivity index (χ1n) is 11.3. The molecule has 152 valence electrons. The number of likely N-dealkylation sites (N-methyl/N-ethyl adjacent to an activating group) is 1. The summed E-state index contributed by atoms with van der Waals surface area (Å²) in [4.78, 5) is 0. The van der Waals surface area contributed by atoms with Crippen molar-refractivity contribution in [1.29, 1.82) is 0 Å². The molecule has 2 N–H and O–H groups in total. The van der Waals surface area contributed by atoms with E-state index in [0.717, 1.165) is 17.6 Å². The third-order valence-electron chi connectivity index (χ3n) is 5.88. The van der Waals surface area contributed by atoms with Gasteiger partial charge in [-0.2, -0.15) is 0 Å². The molecule has 1 aliphatic heterocycles. The van der Waals surface area contributed by atoms with Gasteiger partial charge in [-0.3, -0.25) is 4.48 Å². The summed E-state index contributed by atoms with van der Waals surface area (Å²) in [5.74, 6) is 0. The van der Waals surface area contributed by atoms with Crippen molar-refractivity contribution in [2.24, 2.45) is 0 Å². The van der Waals surface area contributed by atoms with Gasteiger partial charge >= 0.3 is 0 Å². The number of aliphatic hydroxyl groups is 1. The van der Waals surface area contributed by atoms with Crippen LogP contribution in [0.3, 0.4) is 0 Å². The van der Waals surface area contributed by atoms with E-state index in [0.29, 0.717) is 6.17 Å². The van der Waals surface area contributed by atoms with Gasteiger partial charge in [0.15, 0.2) is 6.17 Å². The number of nitrogens with one attached hydrogen (secondary N) is 1. The van der Waals surface area contributed by atoms with Crippen LogP contribution in [-0.2, 0) is 0 Å². The number of unbranched alkanes of at least 4 members (excludes halogenated alkanes) is 10. The van der Waals surface area contributed by atoms with Crippen LogP contribution >= 0.6 is 0 Å². The summed E-state index contributed by atoms with van der Waals surface area (Å²) in [5, 5.41) is 12.9. The second-order valence-electron chi connectivity index (χ2n) is 7.88. The van der Waals surface area contributed by atoms with E-state index in [1.807, 2.05) is 0 Å². The van der Waals surface area contributed by atoms with Crippen molar-refractivity contribution < 1.29 is 9.59 Å². The summed E-state index contributed by atoms with van der Waals surface area (Å²) in [5.41, 5.74) is 0. The Morgan fingerprint density at radius 3 is 2.12 bits per heavy atom. The van der Waals surface area contributed by atoms with E-state index in [9.17, 15) is 5.11 Å². The molecule has 2 atom stereocenters. The molecule has 0 saturated heterocycles. The highest BCUT2D eigenvalue weighted by Crippen LogP contribution is 2.22. The first-order valence-corrected chi connectivity index (χ1v) is 11.3. The van der Waals surface area contributed by atoms with E-state index in [1.165, 1.54) is 83.5 Å². The lowest BCUT2D eigenvalue weighted by Crippen LogP contribution is -2.54. The zero-order valence-electron chi connectivity index (χ0n) is 17.6. The highest BCUT2D eigenvalue weighted by atomic mass is 16.3. The molecule has 26 heavy (non-hydrogen) atoms. The number of hydrogen-bond donors (Lipinski definition) is 2. The van der Waals surface area contributed by atoms with Crippen LogP contribution in [0.15, 0.2) is 24.6 Å². The number of hydrogen-bond acceptors (Lipinski definition) is 2. The quantitative estimate of drug-likeness (QED) is 0.192. The van der Waals surface area contributed by atoms with Gasteiger partial charge in [0.1, 0.15) is 12.7 Å². The van der Waals surface area contributed by atoms with Crippen molar-refractivity contribution in [2.45, 2.75) is 103 Å². The first kappa shape index (κ1) is 23.2. The standard InChI is InChI=1S/C23H45N2O/c1-3-5-6-7-8-9-10-11-12-13-14-15-16-17-18-23-24-19-20-25(23,4-2)21-22-26/h11-12,19-20,23-24,26H,3-10,13-18,21-22H2,1-2H3/q+1/b12-11+. The monoisotopic (exact) mass is 365 g/mol.